The number of nitrogens with zero attached hydrogens (tertiary/aromatic N) is 3. The highest BCUT2D eigenvalue weighted by Gasteiger charge is 2.34. The van der Waals surface area contributed by atoms with Crippen molar-refractivity contribution in [3.8, 4) is 5.75 Å². The Balaban J connectivity index is 1.26. The summed E-state index contributed by atoms with van der Waals surface area (Å²) in [5.74, 6) is 0.376. The maximum absolute atomic E-state index is 14.8. The van der Waals surface area contributed by atoms with Gasteiger partial charge in [0.1, 0.15) is 17.5 Å². The van der Waals surface area contributed by atoms with Crippen LogP contribution in [0.4, 0.5) is 9.18 Å². The standard InChI is InChI=1S/C31H39FN4O5/c1-20(35-15-12-22(13-16-35)28(37)21-6-9-24(40-5)10-7-21)26-11-8-23(18-33-26)29(38)34-27-14-17-36(19-25(27)32)30(39)41-31(2,3)4/h6-11,18,22,25,27H,1,12-17,19H2,2-5H3,(H,34,38). The Labute approximate surface area is 240 Å². The number of ether oxygens (including phenoxy) is 2. The first-order valence-corrected chi connectivity index (χ1v) is 14.0. The molecule has 0 spiro atoms. The molecule has 2 amide bonds. The van der Waals surface area contributed by atoms with Crippen molar-refractivity contribution in [1.29, 1.82) is 0 Å². The number of aromatic nitrogens is 1. The first-order chi connectivity index (χ1) is 19.4. The van der Waals surface area contributed by atoms with E-state index in [2.05, 4.69) is 21.8 Å². The van der Waals surface area contributed by atoms with Gasteiger partial charge in [0.25, 0.3) is 5.91 Å². The average Bonchev–Trinajstić information content (AvgIpc) is 2.96. The third-order valence-corrected chi connectivity index (χ3v) is 7.45. The lowest BCUT2D eigenvalue weighted by atomic mass is 9.88. The molecule has 1 aromatic carbocycles. The van der Waals surface area contributed by atoms with Crippen LogP contribution in [0.15, 0.2) is 49.2 Å². The maximum atomic E-state index is 14.8. The summed E-state index contributed by atoms with van der Waals surface area (Å²) in [7, 11) is 1.60. The molecular weight excluding hydrogens is 527 g/mol. The summed E-state index contributed by atoms with van der Waals surface area (Å²) in [6.45, 7) is 11.0. The number of ketones is 1. The number of pyridine rings is 1. The number of alkyl halides is 1. The van der Waals surface area contributed by atoms with Gasteiger partial charge in [0.2, 0.25) is 0 Å². The molecule has 1 aromatic heterocycles. The number of methoxy groups -OCH3 is 1. The van der Waals surface area contributed by atoms with Crippen LogP contribution in [0.3, 0.4) is 0 Å². The van der Waals surface area contributed by atoms with E-state index in [0.717, 1.165) is 11.4 Å². The fourth-order valence-corrected chi connectivity index (χ4v) is 5.07. The van der Waals surface area contributed by atoms with E-state index in [-0.39, 0.29) is 24.7 Å². The molecule has 2 aliphatic rings. The molecule has 2 unspecified atom stereocenters. The number of benzene rings is 1. The average molecular weight is 567 g/mol. The van der Waals surface area contributed by atoms with Crippen molar-refractivity contribution in [3.63, 3.8) is 0 Å². The quantitative estimate of drug-likeness (QED) is 0.484. The van der Waals surface area contributed by atoms with Crippen LogP contribution in [0, 0.1) is 5.92 Å². The van der Waals surface area contributed by atoms with Gasteiger partial charge in [-0.05, 0) is 76.4 Å². The van der Waals surface area contributed by atoms with Gasteiger partial charge in [-0.15, -0.1) is 0 Å². The first kappa shape index (κ1) is 30.0. The van der Waals surface area contributed by atoms with E-state index >= 15 is 0 Å². The third kappa shape index (κ3) is 7.62. The van der Waals surface area contributed by atoms with Crippen LogP contribution in [0.25, 0.3) is 5.70 Å². The van der Waals surface area contributed by atoms with E-state index in [0.29, 0.717) is 49.3 Å². The van der Waals surface area contributed by atoms with Gasteiger partial charge >= 0.3 is 6.09 Å². The van der Waals surface area contributed by atoms with Crippen molar-refractivity contribution < 1.29 is 28.2 Å². The van der Waals surface area contributed by atoms with Gasteiger partial charge in [-0.2, -0.15) is 0 Å². The lowest BCUT2D eigenvalue weighted by molar-refractivity contribution is 0.00971. The number of likely N-dealkylation sites (tertiary alicyclic amines) is 2. The summed E-state index contributed by atoms with van der Waals surface area (Å²) in [6.07, 6.45) is 1.19. The summed E-state index contributed by atoms with van der Waals surface area (Å²) in [5.41, 5.74) is 1.70. The van der Waals surface area contributed by atoms with Gasteiger partial charge in [-0.1, -0.05) is 6.58 Å². The number of nitrogens with one attached hydrogen (secondary N) is 1. The van der Waals surface area contributed by atoms with Gasteiger partial charge < -0.3 is 24.6 Å². The fraction of sp³-hybridized carbons (Fsp3) is 0.484. The molecular formula is C31H39FN4O5. The lowest BCUT2D eigenvalue weighted by Crippen LogP contribution is -2.54. The molecule has 41 heavy (non-hydrogen) atoms. The summed E-state index contributed by atoms with van der Waals surface area (Å²) in [4.78, 5) is 45.8. The molecule has 2 aromatic rings. The number of carbonyl (C=O) groups is 3. The van der Waals surface area contributed by atoms with Crippen molar-refractivity contribution in [2.45, 2.75) is 57.8 Å². The Morgan fingerprint density at radius 2 is 1.61 bits per heavy atom. The number of hydrogen-bond acceptors (Lipinski definition) is 7. The number of rotatable bonds is 7. The normalized spacial score (nSPS) is 19.8. The Hall–Kier alpha value is -3.95. The zero-order valence-corrected chi connectivity index (χ0v) is 24.2. The van der Waals surface area contributed by atoms with E-state index in [4.69, 9.17) is 9.47 Å². The second-order valence-corrected chi connectivity index (χ2v) is 11.5. The molecule has 10 heteroatoms. The summed E-state index contributed by atoms with van der Waals surface area (Å²) < 4.78 is 25.3. The van der Waals surface area contributed by atoms with Gasteiger partial charge in [-0.25, -0.2) is 9.18 Å². The SMILES string of the molecule is C=C(c1ccc(C(=O)NC2CCN(C(=O)OC(C)(C)C)CC2F)cn1)N1CCC(C(=O)c2ccc(OC)cc2)CC1. The van der Waals surface area contributed by atoms with E-state index in [1.54, 1.807) is 64.3 Å². The molecule has 0 saturated carbocycles. The molecule has 2 aliphatic heterocycles. The number of carbonyl (C=O) groups excluding carboxylic acids is 3. The summed E-state index contributed by atoms with van der Waals surface area (Å²) >= 11 is 0. The molecule has 0 radical (unpaired) electrons. The first-order valence-electron chi connectivity index (χ1n) is 14.0. The minimum atomic E-state index is -1.41. The Morgan fingerprint density at radius 3 is 2.17 bits per heavy atom. The van der Waals surface area contributed by atoms with E-state index in [1.165, 1.54) is 11.1 Å². The molecule has 3 heterocycles. The molecule has 2 saturated heterocycles. The smallest absolute Gasteiger partial charge is 0.410 e. The van der Waals surface area contributed by atoms with E-state index < -0.39 is 29.8 Å². The predicted octanol–water partition coefficient (Wildman–Crippen LogP) is 4.73. The van der Waals surface area contributed by atoms with E-state index in [1.807, 2.05) is 0 Å². The van der Waals surface area contributed by atoms with Gasteiger partial charge in [-0.3, -0.25) is 14.6 Å². The van der Waals surface area contributed by atoms with Crippen LogP contribution in [-0.4, -0.2) is 83.7 Å². The molecule has 4 rings (SSSR count). The second-order valence-electron chi connectivity index (χ2n) is 11.5. The molecule has 1 N–H and O–H groups in total. The highest BCUT2D eigenvalue weighted by Crippen LogP contribution is 2.27. The third-order valence-electron chi connectivity index (χ3n) is 7.45. The fourth-order valence-electron chi connectivity index (χ4n) is 5.07. The van der Waals surface area contributed by atoms with Crippen LogP contribution in [0.2, 0.25) is 0 Å². The van der Waals surface area contributed by atoms with Crippen molar-refractivity contribution >= 4 is 23.5 Å². The lowest BCUT2D eigenvalue weighted by Gasteiger charge is -2.35. The van der Waals surface area contributed by atoms with Crippen molar-refractivity contribution in [3.05, 3.63) is 66.0 Å². The number of piperidine rings is 2. The second kappa shape index (κ2) is 12.7. The monoisotopic (exact) mass is 566 g/mol. The van der Waals surface area contributed by atoms with Gasteiger partial charge in [0, 0.05) is 37.3 Å². The highest BCUT2D eigenvalue weighted by molar-refractivity contribution is 5.98. The zero-order valence-electron chi connectivity index (χ0n) is 24.2. The molecule has 0 aliphatic carbocycles. The number of halogens is 1. The minimum absolute atomic E-state index is 0.0539. The molecule has 220 valence electrons. The van der Waals surface area contributed by atoms with Crippen LogP contribution in [-0.2, 0) is 4.74 Å². The Morgan fingerprint density at radius 1 is 0.976 bits per heavy atom. The van der Waals surface area contributed by atoms with Crippen molar-refractivity contribution in [2.24, 2.45) is 5.92 Å². The number of Topliss-reactive ketones (excluding diaryl/α,β-unsaturated/α-hetero) is 1. The van der Waals surface area contributed by atoms with Crippen LogP contribution < -0.4 is 10.1 Å². The van der Waals surface area contributed by atoms with Crippen LogP contribution >= 0.6 is 0 Å². The van der Waals surface area contributed by atoms with Crippen LogP contribution in [0.5, 0.6) is 5.75 Å². The summed E-state index contributed by atoms with van der Waals surface area (Å²) in [6, 6.07) is 9.85. The largest absolute Gasteiger partial charge is 0.497 e. The summed E-state index contributed by atoms with van der Waals surface area (Å²) in [5, 5.41) is 2.74. The van der Waals surface area contributed by atoms with E-state index in [9.17, 15) is 18.8 Å². The van der Waals surface area contributed by atoms with Gasteiger partial charge in [0.05, 0.1) is 36.7 Å². The Kier molecular flexibility index (Phi) is 9.30. The molecule has 2 atom stereocenters. The maximum Gasteiger partial charge on any atom is 0.410 e. The zero-order chi connectivity index (χ0) is 29.7. The topological polar surface area (TPSA) is 101 Å². The van der Waals surface area contributed by atoms with Crippen LogP contribution in [0.1, 0.15) is 66.4 Å². The number of amides is 2. The molecule has 9 nitrogen and oxygen atoms in total. The molecule has 2 fully saturated rings. The number of hydrogen-bond donors (Lipinski definition) is 1. The highest BCUT2D eigenvalue weighted by atomic mass is 19.1. The van der Waals surface area contributed by atoms with Gasteiger partial charge in [0.15, 0.2) is 5.78 Å². The van der Waals surface area contributed by atoms with Crippen molar-refractivity contribution in [1.82, 2.24) is 20.1 Å². The molecule has 0 bridgehead atoms. The minimum Gasteiger partial charge on any atom is -0.497 e. The van der Waals surface area contributed by atoms with Crippen molar-refractivity contribution in [2.75, 3.05) is 33.3 Å². The predicted molar refractivity (Wildman–Crippen MR) is 153 cm³/mol. The Bertz CT molecular complexity index is 1250.